The Morgan fingerprint density at radius 3 is 2.62 bits per heavy atom. The van der Waals surface area contributed by atoms with Crippen LogP contribution in [-0.4, -0.2) is 15.7 Å². The molecule has 4 nitrogen and oxygen atoms in total. The van der Waals surface area contributed by atoms with Gasteiger partial charge in [0.2, 0.25) is 5.91 Å². The molecule has 1 heterocycles. The van der Waals surface area contributed by atoms with Gasteiger partial charge in [-0.25, -0.2) is 4.68 Å². The molecular formula is C9H15N3O. The van der Waals surface area contributed by atoms with E-state index in [-0.39, 0.29) is 11.3 Å². The van der Waals surface area contributed by atoms with Crippen molar-refractivity contribution in [1.29, 1.82) is 0 Å². The largest absolute Gasteiger partial charge is 0.382 e. The molecule has 4 heteroatoms. The van der Waals surface area contributed by atoms with E-state index >= 15 is 0 Å². The number of nitrogen functional groups attached to an aromatic ring is 1. The maximum atomic E-state index is 11.5. The van der Waals surface area contributed by atoms with E-state index in [1.807, 2.05) is 20.8 Å². The van der Waals surface area contributed by atoms with Crippen LogP contribution in [0.25, 0.3) is 0 Å². The van der Waals surface area contributed by atoms with Crippen LogP contribution in [0, 0.1) is 5.41 Å². The molecule has 0 radical (unpaired) electrons. The lowest BCUT2D eigenvalue weighted by molar-refractivity contribution is 0.0840. The van der Waals surface area contributed by atoms with E-state index in [9.17, 15) is 4.79 Å². The molecule has 2 N–H and O–H groups in total. The number of nitrogens with zero attached hydrogens (tertiary/aromatic N) is 2. The highest BCUT2D eigenvalue weighted by Crippen LogP contribution is 2.19. The van der Waals surface area contributed by atoms with Gasteiger partial charge >= 0.3 is 0 Å². The number of carbonyl (C=O) groups excluding carboxylic acids is 1. The first-order chi connectivity index (χ1) is 5.88. The molecule has 1 rings (SSSR count). The molecule has 0 saturated carbocycles. The quantitative estimate of drug-likeness (QED) is 0.714. The molecule has 0 unspecified atom stereocenters. The number of carbonyl (C=O) groups is 1. The Labute approximate surface area is 77.7 Å². The molecule has 13 heavy (non-hydrogen) atoms. The van der Waals surface area contributed by atoms with Gasteiger partial charge in [-0.05, 0) is 5.41 Å². The summed E-state index contributed by atoms with van der Waals surface area (Å²) in [6.07, 6.45) is 2.05. The van der Waals surface area contributed by atoms with Gasteiger partial charge in [0.25, 0.3) is 0 Å². The third-order valence-corrected chi connectivity index (χ3v) is 1.55. The fourth-order valence-electron chi connectivity index (χ4n) is 1.01. The van der Waals surface area contributed by atoms with Crippen molar-refractivity contribution in [2.45, 2.75) is 27.2 Å². The van der Waals surface area contributed by atoms with Gasteiger partial charge < -0.3 is 5.73 Å². The third-order valence-electron chi connectivity index (χ3n) is 1.55. The summed E-state index contributed by atoms with van der Waals surface area (Å²) in [4.78, 5) is 11.5. The predicted octanol–water partition coefficient (Wildman–Crippen LogP) is 1.54. The van der Waals surface area contributed by atoms with E-state index in [2.05, 4.69) is 5.10 Å². The maximum Gasteiger partial charge on any atom is 0.247 e. The van der Waals surface area contributed by atoms with Gasteiger partial charge in [0, 0.05) is 18.7 Å². The maximum absolute atomic E-state index is 11.5. The summed E-state index contributed by atoms with van der Waals surface area (Å²) in [5, 5.41) is 3.84. The second-order valence-corrected chi connectivity index (χ2v) is 4.32. The molecular weight excluding hydrogens is 166 g/mol. The summed E-state index contributed by atoms with van der Waals surface area (Å²) in [5.74, 6) is 0.353. The fraction of sp³-hybridized carbons (Fsp3) is 0.556. The van der Waals surface area contributed by atoms with Crippen LogP contribution in [0.3, 0.4) is 0 Å². The molecule has 0 fully saturated rings. The van der Waals surface area contributed by atoms with Crippen molar-refractivity contribution < 1.29 is 4.79 Å². The Bertz CT molecular complexity index is 309. The number of hydrogen-bond acceptors (Lipinski definition) is 3. The van der Waals surface area contributed by atoms with Crippen molar-refractivity contribution in [3.8, 4) is 0 Å². The first-order valence-corrected chi connectivity index (χ1v) is 4.23. The topological polar surface area (TPSA) is 60.9 Å². The standard InChI is InChI=1S/C9H15N3O/c1-9(2,3)6-8(13)12-5-4-7(10)11-12/h4-5H,6H2,1-3H3,(H2,10,11). The number of nitrogens with two attached hydrogens (primary N) is 1. The zero-order chi connectivity index (χ0) is 10.1. The van der Waals surface area contributed by atoms with Gasteiger partial charge in [-0.15, -0.1) is 5.10 Å². The molecule has 0 aliphatic heterocycles. The van der Waals surface area contributed by atoms with Crippen LogP contribution in [-0.2, 0) is 0 Å². The van der Waals surface area contributed by atoms with Crippen LogP contribution in [0.15, 0.2) is 12.3 Å². The molecule has 0 aliphatic carbocycles. The van der Waals surface area contributed by atoms with Crippen molar-refractivity contribution in [3.63, 3.8) is 0 Å². The molecule has 0 saturated heterocycles. The Morgan fingerprint density at radius 1 is 1.62 bits per heavy atom. The van der Waals surface area contributed by atoms with Gasteiger partial charge in [0.05, 0.1) is 0 Å². The van der Waals surface area contributed by atoms with E-state index < -0.39 is 0 Å². The predicted molar refractivity (Wildman–Crippen MR) is 51.3 cm³/mol. The molecule has 0 aliphatic rings. The van der Waals surface area contributed by atoms with Crippen molar-refractivity contribution in [2.75, 3.05) is 5.73 Å². The molecule has 1 aromatic heterocycles. The monoisotopic (exact) mass is 181 g/mol. The zero-order valence-corrected chi connectivity index (χ0v) is 8.24. The van der Waals surface area contributed by atoms with Crippen LogP contribution in [0.5, 0.6) is 0 Å². The van der Waals surface area contributed by atoms with Gasteiger partial charge in [-0.3, -0.25) is 4.79 Å². The Balaban J connectivity index is 2.70. The summed E-state index contributed by atoms with van der Waals surface area (Å²) in [6, 6.07) is 1.61. The lowest BCUT2D eigenvalue weighted by Gasteiger charge is -2.16. The minimum atomic E-state index is -0.0239. The number of rotatable bonds is 1. The minimum absolute atomic E-state index is 0.0161. The fourth-order valence-corrected chi connectivity index (χ4v) is 1.01. The van der Waals surface area contributed by atoms with Gasteiger partial charge in [0.15, 0.2) is 0 Å². The van der Waals surface area contributed by atoms with Crippen LogP contribution < -0.4 is 5.73 Å². The second-order valence-electron chi connectivity index (χ2n) is 4.32. The van der Waals surface area contributed by atoms with Gasteiger partial charge in [-0.1, -0.05) is 20.8 Å². The molecule has 0 spiro atoms. The van der Waals surface area contributed by atoms with Gasteiger partial charge in [-0.2, -0.15) is 0 Å². The summed E-state index contributed by atoms with van der Waals surface area (Å²) >= 11 is 0. The molecule has 72 valence electrons. The summed E-state index contributed by atoms with van der Waals surface area (Å²) in [6.45, 7) is 6.03. The van der Waals surface area contributed by atoms with Crippen LogP contribution in [0.2, 0.25) is 0 Å². The normalized spacial score (nSPS) is 11.6. The lowest BCUT2D eigenvalue weighted by atomic mass is 9.92. The SMILES string of the molecule is CC(C)(C)CC(=O)n1ccc(N)n1. The summed E-state index contributed by atoms with van der Waals surface area (Å²) < 4.78 is 1.29. The summed E-state index contributed by atoms with van der Waals surface area (Å²) in [7, 11) is 0. The van der Waals surface area contributed by atoms with E-state index in [1.165, 1.54) is 4.68 Å². The first kappa shape index (κ1) is 9.77. The van der Waals surface area contributed by atoms with Gasteiger partial charge in [0.1, 0.15) is 5.82 Å². The molecule has 0 atom stereocenters. The number of hydrogen-bond donors (Lipinski definition) is 1. The highest BCUT2D eigenvalue weighted by atomic mass is 16.2. The first-order valence-electron chi connectivity index (χ1n) is 4.23. The van der Waals surface area contributed by atoms with Crippen LogP contribution in [0.4, 0.5) is 5.82 Å². The van der Waals surface area contributed by atoms with Crippen molar-refractivity contribution in [1.82, 2.24) is 9.78 Å². The minimum Gasteiger partial charge on any atom is -0.382 e. The third kappa shape index (κ3) is 2.89. The molecule has 0 aromatic carbocycles. The average molecular weight is 181 g/mol. The van der Waals surface area contributed by atoms with E-state index in [1.54, 1.807) is 12.3 Å². The second kappa shape index (κ2) is 3.20. The van der Waals surface area contributed by atoms with Crippen molar-refractivity contribution >= 4 is 11.7 Å². The Morgan fingerprint density at radius 2 is 2.23 bits per heavy atom. The Kier molecular flexibility index (Phi) is 2.40. The number of aromatic nitrogens is 2. The van der Waals surface area contributed by atoms with Crippen LogP contribution in [0.1, 0.15) is 32.0 Å². The molecule has 0 bridgehead atoms. The smallest absolute Gasteiger partial charge is 0.247 e. The zero-order valence-electron chi connectivity index (χ0n) is 8.24. The van der Waals surface area contributed by atoms with E-state index in [0.29, 0.717) is 12.2 Å². The van der Waals surface area contributed by atoms with E-state index in [0.717, 1.165) is 0 Å². The number of anilines is 1. The van der Waals surface area contributed by atoms with Crippen molar-refractivity contribution in [2.24, 2.45) is 5.41 Å². The molecule has 0 amide bonds. The highest BCUT2D eigenvalue weighted by Gasteiger charge is 2.17. The molecule has 1 aromatic rings. The lowest BCUT2D eigenvalue weighted by Crippen LogP contribution is -2.19. The van der Waals surface area contributed by atoms with Crippen LogP contribution >= 0.6 is 0 Å². The Hall–Kier alpha value is -1.32. The highest BCUT2D eigenvalue weighted by molar-refractivity contribution is 5.78. The average Bonchev–Trinajstić information content (AvgIpc) is 2.31. The summed E-state index contributed by atoms with van der Waals surface area (Å²) in [5.41, 5.74) is 5.38. The van der Waals surface area contributed by atoms with Crippen molar-refractivity contribution in [3.05, 3.63) is 12.3 Å². The van der Waals surface area contributed by atoms with E-state index in [4.69, 9.17) is 5.73 Å².